The van der Waals surface area contributed by atoms with Crippen LogP contribution < -0.4 is 0 Å². The summed E-state index contributed by atoms with van der Waals surface area (Å²) < 4.78 is 0. The molecule has 0 unspecified atom stereocenters. The van der Waals surface area contributed by atoms with Crippen molar-refractivity contribution in [2.24, 2.45) is 16.7 Å². The molecule has 0 atom stereocenters. The van der Waals surface area contributed by atoms with E-state index in [1.807, 2.05) is 0 Å². The Hall–Kier alpha value is -0.480. The summed E-state index contributed by atoms with van der Waals surface area (Å²) in [5, 5.41) is 0. The Balaban J connectivity index is 2.80. The smallest absolute Gasteiger partial charge is 0.00442 e. The van der Waals surface area contributed by atoms with E-state index in [2.05, 4.69) is 53.3 Å². The van der Waals surface area contributed by atoms with E-state index in [0.29, 0.717) is 16.7 Å². The average Bonchev–Trinajstić information content (AvgIpc) is 2.21. The molecule has 68 valence electrons. The van der Waals surface area contributed by atoms with Crippen LogP contribution in [-0.2, 0) is 0 Å². The highest BCUT2D eigenvalue weighted by Crippen LogP contribution is 2.68. The van der Waals surface area contributed by atoms with Crippen LogP contribution >= 0.6 is 0 Å². The molecule has 0 aromatic rings. The van der Waals surface area contributed by atoms with Crippen molar-refractivity contribution < 1.29 is 0 Å². The van der Waals surface area contributed by atoms with E-state index in [1.54, 1.807) is 0 Å². The molecule has 1 aliphatic rings. The molecule has 1 rings (SSSR count). The molecule has 0 saturated heterocycles. The lowest BCUT2D eigenvalue weighted by molar-refractivity contribution is 0.457. The minimum atomic E-state index is 0.468. The molecule has 0 amide bonds. The third-order valence-electron chi connectivity index (χ3n) is 3.67. The Morgan fingerprint density at radius 3 is 1.75 bits per heavy atom. The molecule has 12 heavy (non-hydrogen) atoms. The van der Waals surface area contributed by atoms with Crippen molar-refractivity contribution in [2.45, 2.75) is 41.5 Å². The summed E-state index contributed by atoms with van der Waals surface area (Å²) in [6.07, 6.45) is 2.25. The van der Waals surface area contributed by atoms with Gasteiger partial charge in [-0.15, -0.1) is 5.73 Å². The van der Waals surface area contributed by atoms with Crippen LogP contribution in [0.4, 0.5) is 0 Å². The largest absolute Gasteiger partial charge is 0.126 e. The summed E-state index contributed by atoms with van der Waals surface area (Å²) in [6, 6.07) is 0. The number of rotatable bonds is 1. The van der Waals surface area contributed by atoms with Gasteiger partial charge in [0.15, 0.2) is 0 Å². The van der Waals surface area contributed by atoms with Gasteiger partial charge in [-0.2, -0.15) is 0 Å². The normalized spacial score (nSPS) is 24.5. The van der Waals surface area contributed by atoms with Crippen LogP contribution in [0.3, 0.4) is 0 Å². The first-order valence-electron chi connectivity index (χ1n) is 4.70. The van der Waals surface area contributed by atoms with Gasteiger partial charge in [-0.3, -0.25) is 0 Å². The van der Waals surface area contributed by atoms with Gasteiger partial charge >= 0.3 is 0 Å². The fourth-order valence-electron chi connectivity index (χ4n) is 1.91. The van der Waals surface area contributed by atoms with Crippen molar-refractivity contribution in [3.8, 4) is 0 Å². The van der Waals surface area contributed by atoms with Crippen LogP contribution in [0.1, 0.15) is 41.5 Å². The molecular weight excluding hydrogens is 144 g/mol. The molecule has 0 radical (unpaired) electrons. The van der Waals surface area contributed by atoms with Crippen molar-refractivity contribution in [3.63, 3.8) is 0 Å². The second kappa shape index (κ2) is 2.50. The lowest BCUT2D eigenvalue weighted by atomic mass is 10.0. The second-order valence-corrected chi connectivity index (χ2v) is 5.23. The van der Waals surface area contributed by atoms with Crippen LogP contribution in [-0.4, -0.2) is 0 Å². The maximum absolute atomic E-state index is 3.31. The van der Waals surface area contributed by atoms with Crippen molar-refractivity contribution in [1.82, 2.24) is 0 Å². The predicted molar refractivity (Wildman–Crippen MR) is 54.0 cm³/mol. The van der Waals surface area contributed by atoms with Gasteiger partial charge in [0, 0.05) is 0 Å². The van der Waals surface area contributed by atoms with Gasteiger partial charge in [-0.25, -0.2) is 0 Å². The molecule has 0 spiro atoms. The number of hydrogen-bond donors (Lipinski definition) is 0. The average molecular weight is 164 g/mol. The topological polar surface area (TPSA) is 0 Å². The van der Waals surface area contributed by atoms with Crippen molar-refractivity contribution in [1.29, 1.82) is 0 Å². The quantitative estimate of drug-likeness (QED) is 0.517. The fourth-order valence-corrected chi connectivity index (χ4v) is 1.91. The van der Waals surface area contributed by atoms with E-state index in [9.17, 15) is 0 Å². The molecule has 1 aliphatic carbocycles. The van der Waals surface area contributed by atoms with Crippen LogP contribution in [0.25, 0.3) is 0 Å². The lowest BCUT2D eigenvalue weighted by Gasteiger charge is -2.03. The Morgan fingerprint density at radius 2 is 1.50 bits per heavy atom. The van der Waals surface area contributed by atoms with Crippen molar-refractivity contribution in [2.75, 3.05) is 0 Å². The first-order valence-corrected chi connectivity index (χ1v) is 4.70. The van der Waals surface area contributed by atoms with Gasteiger partial charge in [0.25, 0.3) is 0 Å². The Labute approximate surface area is 76.4 Å². The SMILES string of the molecule is CC(C)=C=CC1C(C)(C)C1(C)C. The standard InChI is InChI=1S/C12H20/c1-9(2)7-8-10-11(3,4)12(10,5)6/h8,10H,1-6H3. The summed E-state index contributed by atoms with van der Waals surface area (Å²) in [4.78, 5) is 0. The highest BCUT2D eigenvalue weighted by Gasteiger charge is 2.63. The van der Waals surface area contributed by atoms with Gasteiger partial charge in [0.05, 0.1) is 0 Å². The summed E-state index contributed by atoms with van der Waals surface area (Å²) in [5.74, 6) is 0.708. The molecule has 0 heterocycles. The zero-order valence-corrected chi connectivity index (χ0v) is 9.15. The van der Waals surface area contributed by atoms with E-state index in [1.165, 1.54) is 5.57 Å². The zero-order chi connectivity index (χ0) is 9.57. The summed E-state index contributed by atoms with van der Waals surface area (Å²) in [5.41, 5.74) is 5.52. The van der Waals surface area contributed by atoms with Crippen LogP contribution in [0, 0.1) is 16.7 Å². The van der Waals surface area contributed by atoms with E-state index < -0.39 is 0 Å². The third-order valence-corrected chi connectivity index (χ3v) is 3.67. The molecule has 0 heteroatoms. The van der Waals surface area contributed by atoms with Gasteiger partial charge in [0.2, 0.25) is 0 Å². The van der Waals surface area contributed by atoms with Gasteiger partial charge in [-0.05, 0) is 42.2 Å². The summed E-state index contributed by atoms with van der Waals surface area (Å²) >= 11 is 0. The van der Waals surface area contributed by atoms with E-state index in [-0.39, 0.29) is 0 Å². The van der Waals surface area contributed by atoms with Crippen LogP contribution in [0.5, 0.6) is 0 Å². The first kappa shape index (κ1) is 9.61. The Morgan fingerprint density at radius 1 is 1.08 bits per heavy atom. The van der Waals surface area contributed by atoms with Gasteiger partial charge < -0.3 is 0 Å². The molecule has 0 aromatic carbocycles. The third kappa shape index (κ3) is 1.25. The number of hydrogen-bond acceptors (Lipinski definition) is 0. The molecule has 0 N–H and O–H groups in total. The highest BCUT2D eigenvalue weighted by molar-refractivity contribution is 5.20. The summed E-state index contributed by atoms with van der Waals surface area (Å²) in [6.45, 7) is 13.5. The molecule has 0 aliphatic heterocycles. The maximum Gasteiger partial charge on any atom is -0.00442 e. The minimum Gasteiger partial charge on any atom is -0.126 e. The molecule has 0 aromatic heterocycles. The molecule has 0 bridgehead atoms. The minimum absolute atomic E-state index is 0.468. The molecular formula is C12H20. The van der Waals surface area contributed by atoms with E-state index >= 15 is 0 Å². The number of allylic oxidation sites excluding steroid dienone is 1. The molecule has 0 nitrogen and oxygen atoms in total. The Kier molecular flexibility index (Phi) is 2.00. The highest BCUT2D eigenvalue weighted by atomic mass is 14.7. The molecule has 1 saturated carbocycles. The van der Waals surface area contributed by atoms with Crippen LogP contribution in [0.15, 0.2) is 17.4 Å². The lowest BCUT2D eigenvalue weighted by Crippen LogP contribution is -1.95. The van der Waals surface area contributed by atoms with Gasteiger partial charge in [0.1, 0.15) is 0 Å². The van der Waals surface area contributed by atoms with Crippen molar-refractivity contribution in [3.05, 3.63) is 17.4 Å². The second-order valence-electron chi connectivity index (χ2n) is 5.23. The van der Waals surface area contributed by atoms with Gasteiger partial charge in [-0.1, -0.05) is 27.7 Å². The van der Waals surface area contributed by atoms with E-state index in [4.69, 9.17) is 0 Å². The van der Waals surface area contributed by atoms with Crippen molar-refractivity contribution >= 4 is 0 Å². The Bertz CT molecular complexity index is 229. The van der Waals surface area contributed by atoms with E-state index in [0.717, 1.165) is 0 Å². The predicted octanol–water partition coefficient (Wildman–Crippen LogP) is 3.79. The maximum atomic E-state index is 3.31. The zero-order valence-electron chi connectivity index (χ0n) is 9.15. The summed E-state index contributed by atoms with van der Waals surface area (Å²) in [7, 11) is 0. The monoisotopic (exact) mass is 164 g/mol. The fraction of sp³-hybridized carbons (Fsp3) is 0.750. The van der Waals surface area contributed by atoms with Crippen LogP contribution in [0.2, 0.25) is 0 Å². The molecule has 1 fully saturated rings. The first-order chi connectivity index (χ1) is 5.30.